The van der Waals surface area contributed by atoms with Crippen LogP contribution in [0.5, 0.6) is 0 Å². The second-order valence-corrected chi connectivity index (χ2v) is 3.49. The SMILES string of the molecule is Nc1cc(N)nc(SCCCO)n1. The Balaban J connectivity index is 2.56. The van der Waals surface area contributed by atoms with Crippen LogP contribution in [-0.2, 0) is 0 Å². The second-order valence-electron chi connectivity index (χ2n) is 2.43. The highest BCUT2D eigenvalue weighted by molar-refractivity contribution is 7.99. The fourth-order valence-corrected chi connectivity index (χ4v) is 1.55. The number of hydrogen-bond donors (Lipinski definition) is 3. The van der Waals surface area contributed by atoms with E-state index in [2.05, 4.69) is 9.97 Å². The molecule has 0 amide bonds. The van der Waals surface area contributed by atoms with Crippen molar-refractivity contribution in [3.8, 4) is 0 Å². The Morgan fingerprint density at radius 2 is 1.92 bits per heavy atom. The number of nitrogens with two attached hydrogens (primary N) is 2. The molecule has 1 rings (SSSR count). The van der Waals surface area contributed by atoms with E-state index in [0.717, 1.165) is 5.75 Å². The molecule has 0 unspecified atom stereocenters. The summed E-state index contributed by atoms with van der Waals surface area (Å²) in [5.41, 5.74) is 10.9. The third kappa shape index (κ3) is 3.47. The average molecular weight is 200 g/mol. The predicted octanol–water partition coefficient (Wildman–Crippen LogP) is 0.115. The molecule has 1 aromatic rings. The summed E-state index contributed by atoms with van der Waals surface area (Å²) < 4.78 is 0. The number of rotatable bonds is 4. The van der Waals surface area contributed by atoms with Gasteiger partial charge in [0.05, 0.1) is 0 Å². The molecule has 0 aliphatic rings. The lowest BCUT2D eigenvalue weighted by Gasteiger charge is -2.01. The summed E-state index contributed by atoms with van der Waals surface area (Å²) in [6.45, 7) is 0.171. The van der Waals surface area contributed by atoms with Crippen molar-refractivity contribution in [2.45, 2.75) is 11.6 Å². The Labute approximate surface area is 80.6 Å². The van der Waals surface area contributed by atoms with Gasteiger partial charge in [-0.15, -0.1) is 0 Å². The summed E-state index contributed by atoms with van der Waals surface area (Å²) >= 11 is 1.43. The van der Waals surface area contributed by atoms with E-state index in [-0.39, 0.29) is 6.61 Å². The largest absolute Gasteiger partial charge is 0.396 e. The number of nitrogens with zero attached hydrogens (tertiary/aromatic N) is 2. The van der Waals surface area contributed by atoms with Gasteiger partial charge >= 0.3 is 0 Å². The van der Waals surface area contributed by atoms with Crippen LogP contribution in [0.25, 0.3) is 0 Å². The molecule has 0 fully saturated rings. The monoisotopic (exact) mass is 200 g/mol. The number of aliphatic hydroxyl groups excluding tert-OH is 1. The minimum absolute atomic E-state index is 0.171. The molecule has 13 heavy (non-hydrogen) atoms. The number of aromatic nitrogens is 2. The Kier molecular flexibility index (Phi) is 3.78. The normalized spacial score (nSPS) is 10.2. The van der Waals surface area contributed by atoms with Crippen LogP contribution in [0.2, 0.25) is 0 Å². The molecule has 6 heteroatoms. The van der Waals surface area contributed by atoms with E-state index in [9.17, 15) is 0 Å². The molecule has 0 radical (unpaired) electrons. The molecule has 0 aromatic carbocycles. The van der Waals surface area contributed by atoms with Gasteiger partial charge in [-0.3, -0.25) is 0 Å². The zero-order chi connectivity index (χ0) is 9.68. The van der Waals surface area contributed by atoms with Crippen molar-refractivity contribution in [1.29, 1.82) is 0 Å². The molecular weight excluding hydrogens is 188 g/mol. The van der Waals surface area contributed by atoms with Gasteiger partial charge in [-0.25, -0.2) is 9.97 Å². The number of thioether (sulfide) groups is 1. The van der Waals surface area contributed by atoms with Gasteiger partial charge in [-0.2, -0.15) is 0 Å². The van der Waals surface area contributed by atoms with Gasteiger partial charge in [0, 0.05) is 18.4 Å². The lowest BCUT2D eigenvalue weighted by Crippen LogP contribution is -1.99. The van der Waals surface area contributed by atoms with Crippen LogP contribution < -0.4 is 11.5 Å². The summed E-state index contributed by atoms with van der Waals surface area (Å²) in [5, 5.41) is 9.11. The first-order valence-corrected chi connectivity index (χ1v) is 4.84. The first kappa shape index (κ1) is 10.1. The van der Waals surface area contributed by atoms with E-state index >= 15 is 0 Å². The third-order valence-corrected chi connectivity index (χ3v) is 2.21. The van der Waals surface area contributed by atoms with E-state index in [0.29, 0.717) is 23.2 Å². The Morgan fingerprint density at radius 1 is 1.31 bits per heavy atom. The van der Waals surface area contributed by atoms with Crippen molar-refractivity contribution in [1.82, 2.24) is 9.97 Å². The van der Waals surface area contributed by atoms with Gasteiger partial charge in [0.1, 0.15) is 11.6 Å². The number of anilines is 2. The summed E-state index contributed by atoms with van der Waals surface area (Å²) in [7, 11) is 0. The van der Waals surface area contributed by atoms with Crippen molar-refractivity contribution in [3.05, 3.63) is 6.07 Å². The van der Waals surface area contributed by atoms with Crippen LogP contribution in [0.15, 0.2) is 11.2 Å². The maximum absolute atomic E-state index is 8.55. The zero-order valence-corrected chi connectivity index (χ0v) is 7.92. The second kappa shape index (κ2) is 4.88. The van der Waals surface area contributed by atoms with Gasteiger partial charge in [0.2, 0.25) is 0 Å². The zero-order valence-electron chi connectivity index (χ0n) is 7.10. The van der Waals surface area contributed by atoms with E-state index in [4.69, 9.17) is 16.6 Å². The fraction of sp³-hybridized carbons (Fsp3) is 0.429. The summed E-state index contributed by atoms with van der Waals surface area (Å²) in [5.74, 6) is 1.51. The maximum atomic E-state index is 8.55. The highest BCUT2D eigenvalue weighted by atomic mass is 32.2. The van der Waals surface area contributed by atoms with Gasteiger partial charge in [0.25, 0.3) is 0 Å². The van der Waals surface area contributed by atoms with Gasteiger partial charge in [0.15, 0.2) is 5.16 Å². The maximum Gasteiger partial charge on any atom is 0.191 e. The van der Waals surface area contributed by atoms with E-state index in [1.807, 2.05) is 0 Å². The molecule has 0 saturated heterocycles. The predicted molar refractivity (Wildman–Crippen MR) is 53.3 cm³/mol. The topological polar surface area (TPSA) is 98.1 Å². The Bertz CT molecular complexity index is 261. The van der Waals surface area contributed by atoms with E-state index in [1.165, 1.54) is 17.8 Å². The summed E-state index contributed by atoms with van der Waals surface area (Å²) in [4.78, 5) is 7.95. The molecule has 5 nitrogen and oxygen atoms in total. The smallest absolute Gasteiger partial charge is 0.191 e. The first-order valence-electron chi connectivity index (χ1n) is 3.86. The molecule has 0 atom stereocenters. The van der Waals surface area contributed by atoms with Crippen molar-refractivity contribution < 1.29 is 5.11 Å². The number of nitrogen functional groups attached to an aromatic ring is 2. The minimum atomic E-state index is 0.171. The molecule has 0 aliphatic heterocycles. The molecule has 0 saturated carbocycles. The summed E-state index contributed by atoms with van der Waals surface area (Å²) in [6, 6.07) is 1.51. The fourth-order valence-electron chi connectivity index (χ4n) is 0.754. The van der Waals surface area contributed by atoms with Crippen LogP contribution in [0.3, 0.4) is 0 Å². The Hall–Kier alpha value is -1.01. The van der Waals surface area contributed by atoms with Gasteiger partial charge < -0.3 is 16.6 Å². The van der Waals surface area contributed by atoms with Crippen LogP contribution >= 0.6 is 11.8 Å². The minimum Gasteiger partial charge on any atom is -0.396 e. The van der Waals surface area contributed by atoms with Crippen LogP contribution in [-0.4, -0.2) is 27.4 Å². The lowest BCUT2D eigenvalue weighted by molar-refractivity contribution is 0.296. The lowest BCUT2D eigenvalue weighted by atomic mass is 10.5. The van der Waals surface area contributed by atoms with Crippen molar-refractivity contribution in [2.75, 3.05) is 23.8 Å². The quantitative estimate of drug-likeness (QED) is 0.362. The molecule has 0 aliphatic carbocycles. The van der Waals surface area contributed by atoms with E-state index in [1.54, 1.807) is 0 Å². The molecule has 0 bridgehead atoms. The molecule has 0 spiro atoms. The molecule has 1 aromatic heterocycles. The number of hydrogen-bond acceptors (Lipinski definition) is 6. The highest BCUT2D eigenvalue weighted by Crippen LogP contribution is 2.16. The van der Waals surface area contributed by atoms with Crippen molar-refractivity contribution in [2.24, 2.45) is 0 Å². The number of aliphatic hydroxyl groups is 1. The molecule has 1 heterocycles. The molecule has 5 N–H and O–H groups in total. The first-order chi connectivity index (χ1) is 6.22. The van der Waals surface area contributed by atoms with Crippen molar-refractivity contribution >= 4 is 23.4 Å². The summed E-state index contributed by atoms with van der Waals surface area (Å²) in [6.07, 6.45) is 0.711. The standard InChI is InChI=1S/C7H12N4OS/c8-5-4-6(9)11-7(10-5)13-3-1-2-12/h4,12H,1-3H2,(H4,8,9,10,11). The Morgan fingerprint density at radius 3 is 2.46 bits per heavy atom. The van der Waals surface area contributed by atoms with E-state index < -0.39 is 0 Å². The average Bonchev–Trinajstić information content (AvgIpc) is 2.03. The highest BCUT2D eigenvalue weighted by Gasteiger charge is 2.00. The third-order valence-electron chi connectivity index (χ3n) is 1.28. The molecular formula is C7H12N4OS. The van der Waals surface area contributed by atoms with Gasteiger partial charge in [-0.05, 0) is 6.42 Å². The molecule has 72 valence electrons. The van der Waals surface area contributed by atoms with Crippen LogP contribution in [0, 0.1) is 0 Å². The van der Waals surface area contributed by atoms with Crippen molar-refractivity contribution in [3.63, 3.8) is 0 Å². The van der Waals surface area contributed by atoms with Crippen LogP contribution in [0.1, 0.15) is 6.42 Å². The van der Waals surface area contributed by atoms with Crippen LogP contribution in [0.4, 0.5) is 11.6 Å². The van der Waals surface area contributed by atoms with Gasteiger partial charge in [-0.1, -0.05) is 11.8 Å².